The van der Waals surface area contributed by atoms with Crippen LogP contribution in [-0.2, 0) is 27.3 Å². The van der Waals surface area contributed by atoms with E-state index in [1.54, 1.807) is 17.0 Å². The van der Waals surface area contributed by atoms with Crippen LogP contribution in [-0.4, -0.2) is 37.2 Å². The van der Waals surface area contributed by atoms with Crippen molar-refractivity contribution < 1.29 is 23.5 Å². The van der Waals surface area contributed by atoms with Crippen molar-refractivity contribution in [2.45, 2.75) is 25.9 Å². The number of ether oxygens (including phenoxy) is 2. The molecule has 1 unspecified atom stereocenters. The van der Waals surface area contributed by atoms with Crippen LogP contribution in [0.4, 0.5) is 9.18 Å². The number of rotatable bonds is 5. The molecule has 0 N–H and O–H groups in total. The van der Waals surface area contributed by atoms with Crippen LogP contribution in [0.2, 0.25) is 0 Å². The topological polar surface area (TPSA) is 55.8 Å². The molecule has 0 radical (unpaired) electrons. The van der Waals surface area contributed by atoms with Crippen LogP contribution in [0.25, 0.3) is 0 Å². The van der Waals surface area contributed by atoms with Crippen molar-refractivity contribution in [2.75, 3.05) is 20.2 Å². The molecule has 1 fully saturated rings. The van der Waals surface area contributed by atoms with Crippen LogP contribution < -0.4 is 0 Å². The Morgan fingerprint density at radius 1 is 1.07 bits per heavy atom. The number of amides is 1. The molecule has 2 aromatic carbocycles. The van der Waals surface area contributed by atoms with Crippen LogP contribution in [0.1, 0.15) is 24.0 Å². The smallest absolute Gasteiger partial charge is 0.410 e. The molecule has 0 saturated carbocycles. The second-order valence-electron chi connectivity index (χ2n) is 7.14. The van der Waals surface area contributed by atoms with Crippen molar-refractivity contribution in [1.82, 2.24) is 4.90 Å². The van der Waals surface area contributed by atoms with Crippen molar-refractivity contribution in [3.63, 3.8) is 0 Å². The molecule has 2 aromatic rings. The first-order valence-electron chi connectivity index (χ1n) is 9.31. The van der Waals surface area contributed by atoms with Gasteiger partial charge in [-0.25, -0.2) is 9.18 Å². The summed E-state index contributed by atoms with van der Waals surface area (Å²) in [7, 11) is 1.35. The Bertz CT molecular complexity index is 809. The summed E-state index contributed by atoms with van der Waals surface area (Å²) in [6, 6.07) is 15.5. The standard InChI is InChI=1S/C22H24FNO4/c1-27-20(25)22(14-17-8-10-19(23)11-9-17)12-5-13-24(16-22)21(26)28-15-18-6-3-2-4-7-18/h2-4,6-11H,5,12-16H2,1H3. The minimum Gasteiger partial charge on any atom is -0.469 e. The summed E-state index contributed by atoms with van der Waals surface area (Å²) in [6.45, 7) is 0.916. The molecule has 6 heteroatoms. The van der Waals surface area contributed by atoms with E-state index in [4.69, 9.17) is 9.47 Å². The lowest BCUT2D eigenvalue weighted by Gasteiger charge is -2.40. The monoisotopic (exact) mass is 385 g/mol. The third kappa shape index (κ3) is 4.68. The Balaban J connectivity index is 1.71. The van der Waals surface area contributed by atoms with E-state index in [2.05, 4.69) is 0 Å². The van der Waals surface area contributed by atoms with Gasteiger partial charge in [0.1, 0.15) is 12.4 Å². The van der Waals surface area contributed by atoms with Gasteiger partial charge in [-0.3, -0.25) is 4.79 Å². The van der Waals surface area contributed by atoms with Gasteiger partial charge in [0.25, 0.3) is 0 Å². The van der Waals surface area contributed by atoms with Gasteiger partial charge in [0.2, 0.25) is 0 Å². The molecular formula is C22H24FNO4. The number of carbonyl (C=O) groups is 2. The molecule has 1 heterocycles. The number of piperidine rings is 1. The van der Waals surface area contributed by atoms with Gasteiger partial charge >= 0.3 is 12.1 Å². The van der Waals surface area contributed by atoms with Crippen LogP contribution in [0.3, 0.4) is 0 Å². The molecule has 0 spiro atoms. The van der Waals surface area contributed by atoms with Gasteiger partial charge in [-0.2, -0.15) is 0 Å². The zero-order chi connectivity index (χ0) is 20.0. The minimum atomic E-state index is -0.864. The average molecular weight is 385 g/mol. The molecular weight excluding hydrogens is 361 g/mol. The third-order valence-electron chi connectivity index (χ3n) is 5.11. The summed E-state index contributed by atoms with van der Waals surface area (Å²) in [5.74, 6) is -0.692. The molecule has 0 aromatic heterocycles. The van der Waals surface area contributed by atoms with Gasteiger partial charge in [0.05, 0.1) is 12.5 Å². The second-order valence-corrected chi connectivity index (χ2v) is 7.14. The molecule has 148 valence electrons. The van der Waals surface area contributed by atoms with Crippen LogP contribution >= 0.6 is 0 Å². The highest BCUT2D eigenvalue weighted by molar-refractivity contribution is 5.79. The number of hydrogen-bond acceptors (Lipinski definition) is 4. The molecule has 1 atom stereocenters. The van der Waals surface area contributed by atoms with Crippen LogP contribution in [0.5, 0.6) is 0 Å². The van der Waals surface area contributed by atoms with Crippen molar-refractivity contribution >= 4 is 12.1 Å². The maximum absolute atomic E-state index is 13.2. The molecule has 28 heavy (non-hydrogen) atoms. The van der Waals surface area contributed by atoms with E-state index in [0.29, 0.717) is 25.8 Å². The Morgan fingerprint density at radius 2 is 1.79 bits per heavy atom. The fraction of sp³-hybridized carbons (Fsp3) is 0.364. The number of halogens is 1. The SMILES string of the molecule is COC(=O)C1(Cc2ccc(F)cc2)CCCN(C(=O)OCc2ccccc2)C1. The molecule has 1 saturated heterocycles. The predicted molar refractivity (Wildman–Crippen MR) is 102 cm³/mol. The Morgan fingerprint density at radius 3 is 2.46 bits per heavy atom. The zero-order valence-corrected chi connectivity index (χ0v) is 15.9. The summed E-state index contributed by atoms with van der Waals surface area (Å²) in [5, 5.41) is 0. The lowest BCUT2D eigenvalue weighted by molar-refractivity contribution is -0.156. The van der Waals surface area contributed by atoms with Crippen molar-refractivity contribution in [3.05, 3.63) is 71.5 Å². The maximum Gasteiger partial charge on any atom is 0.410 e. The van der Waals surface area contributed by atoms with Gasteiger partial charge in [0, 0.05) is 13.1 Å². The van der Waals surface area contributed by atoms with Gasteiger partial charge in [-0.15, -0.1) is 0 Å². The Kier molecular flexibility index (Phi) is 6.29. The number of methoxy groups -OCH3 is 1. The van der Waals surface area contributed by atoms with E-state index in [9.17, 15) is 14.0 Å². The highest BCUT2D eigenvalue weighted by Crippen LogP contribution is 2.35. The first kappa shape index (κ1) is 19.9. The van der Waals surface area contributed by atoms with E-state index >= 15 is 0 Å². The predicted octanol–water partition coefficient (Wildman–Crippen LogP) is 3.96. The molecule has 3 rings (SSSR count). The van der Waals surface area contributed by atoms with Gasteiger partial charge < -0.3 is 14.4 Å². The highest BCUT2D eigenvalue weighted by Gasteiger charge is 2.45. The summed E-state index contributed by atoms with van der Waals surface area (Å²) in [5.41, 5.74) is 0.862. The fourth-order valence-corrected chi connectivity index (χ4v) is 3.69. The van der Waals surface area contributed by atoms with E-state index in [1.807, 2.05) is 30.3 Å². The fourth-order valence-electron chi connectivity index (χ4n) is 3.69. The molecule has 0 aliphatic carbocycles. The van der Waals surface area contributed by atoms with Gasteiger partial charge in [-0.05, 0) is 42.5 Å². The minimum absolute atomic E-state index is 0.180. The Hall–Kier alpha value is -2.89. The van der Waals surface area contributed by atoms with E-state index in [0.717, 1.165) is 11.1 Å². The number of nitrogens with zero attached hydrogens (tertiary/aromatic N) is 1. The van der Waals surface area contributed by atoms with Crippen LogP contribution in [0.15, 0.2) is 54.6 Å². The first-order valence-corrected chi connectivity index (χ1v) is 9.31. The van der Waals surface area contributed by atoms with Gasteiger partial charge in [0.15, 0.2) is 0 Å². The van der Waals surface area contributed by atoms with Crippen LogP contribution in [0, 0.1) is 11.2 Å². The van der Waals surface area contributed by atoms with E-state index in [1.165, 1.54) is 19.2 Å². The summed E-state index contributed by atoms with van der Waals surface area (Å²) in [6.07, 6.45) is 1.19. The quantitative estimate of drug-likeness (QED) is 0.731. The molecule has 1 aliphatic rings. The summed E-state index contributed by atoms with van der Waals surface area (Å²) >= 11 is 0. The van der Waals surface area contributed by atoms with Crippen molar-refractivity contribution in [2.24, 2.45) is 5.41 Å². The first-order chi connectivity index (χ1) is 13.5. The number of likely N-dealkylation sites (tertiary alicyclic amines) is 1. The average Bonchev–Trinajstić information content (AvgIpc) is 2.74. The van der Waals surface area contributed by atoms with Crippen molar-refractivity contribution in [3.8, 4) is 0 Å². The van der Waals surface area contributed by atoms with E-state index < -0.39 is 11.5 Å². The molecule has 1 amide bonds. The largest absolute Gasteiger partial charge is 0.469 e. The lowest BCUT2D eigenvalue weighted by Crippen LogP contribution is -2.51. The van der Waals surface area contributed by atoms with Crippen molar-refractivity contribution in [1.29, 1.82) is 0 Å². The summed E-state index contributed by atoms with van der Waals surface area (Å²) in [4.78, 5) is 26.8. The Labute approximate surface area is 164 Å². The lowest BCUT2D eigenvalue weighted by atomic mass is 9.75. The van der Waals surface area contributed by atoms with Gasteiger partial charge in [-0.1, -0.05) is 42.5 Å². The third-order valence-corrected chi connectivity index (χ3v) is 5.11. The second kappa shape index (κ2) is 8.87. The molecule has 0 bridgehead atoms. The number of esters is 1. The number of carbonyl (C=O) groups excluding carboxylic acids is 2. The highest BCUT2D eigenvalue weighted by atomic mass is 19.1. The molecule has 5 nitrogen and oxygen atoms in total. The normalized spacial score (nSPS) is 19.1. The van der Waals surface area contributed by atoms with E-state index in [-0.39, 0.29) is 24.9 Å². The molecule has 1 aliphatic heterocycles. The summed E-state index contributed by atoms with van der Waals surface area (Å²) < 4.78 is 23.7. The maximum atomic E-state index is 13.2. The number of benzene rings is 2. The zero-order valence-electron chi connectivity index (χ0n) is 15.9. The number of hydrogen-bond donors (Lipinski definition) is 0.